The van der Waals surface area contributed by atoms with Crippen molar-refractivity contribution < 1.29 is 4.74 Å². The smallest absolute Gasteiger partial charge is 0.138 e. The Hall–Kier alpha value is -1.13. The van der Waals surface area contributed by atoms with Gasteiger partial charge in [-0.2, -0.15) is 0 Å². The van der Waals surface area contributed by atoms with Crippen LogP contribution < -0.4 is 5.32 Å². The van der Waals surface area contributed by atoms with Crippen molar-refractivity contribution in [3.05, 3.63) is 22.8 Å². The van der Waals surface area contributed by atoms with Gasteiger partial charge in [-0.15, -0.1) is 0 Å². The standard InChI is InChI=1S/C11H14ClN3O/c12-9-4-5-14-11(8(9)7-13)15-10-3-1-2-6-16-10/h4-5,7,10,13H,1-3,6H2,(H,14,15). The fourth-order valence-corrected chi connectivity index (χ4v) is 1.91. The molecule has 1 unspecified atom stereocenters. The van der Waals surface area contributed by atoms with E-state index in [4.69, 9.17) is 21.7 Å². The molecule has 86 valence electrons. The average molecular weight is 240 g/mol. The maximum atomic E-state index is 7.31. The van der Waals surface area contributed by atoms with E-state index in [1.54, 1.807) is 12.3 Å². The zero-order valence-electron chi connectivity index (χ0n) is 8.87. The van der Waals surface area contributed by atoms with Crippen LogP contribution in [0.4, 0.5) is 5.82 Å². The largest absolute Gasteiger partial charge is 0.359 e. The molecule has 0 aromatic carbocycles. The normalized spacial score (nSPS) is 20.4. The molecule has 0 amide bonds. The first-order valence-corrected chi connectivity index (χ1v) is 5.72. The summed E-state index contributed by atoms with van der Waals surface area (Å²) in [6, 6.07) is 1.68. The summed E-state index contributed by atoms with van der Waals surface area (Å²) in [6.07, 6.45) is 6.04. The van der Waals surface area contributed by atoms with Crippen LogP contribution in [0.15, 0.2) is 12.3 Å². The maximum Gasteiger partial charge on any atom is 0.138 e. The molecule has 1 aliphatic rings. The maximum absolute atomic E-state index is 7.31. The van der Waals surface area contributed by atoms with Gasteiger partial charge in [0.05, 0.1) is 10.6 Å². The van der Waals surface area contributed by atoms with Gasteiger partial charge >= 0.3 is 0 Å². The summed E-state index contributed by atoms with van der Waals surface area (Å²) in [5.74, 6) is 0.620. The van der Waals surface area contributed by atoms with E-state index >= 15 is 0 Å². The van der Waals surface area contributed by atoms with Crippen molar-refractivity contribution in [2.24, 2.45) is 0 Å². The van der Waals surface area contributed by atoms with Crippen LogP contribution in [0.5, 0.6) is 0 Å². The highest BCUT2D eigenvalue weighted by Gasteiger charge is 2.15. The van der Waals surface area contributed by atoms with Crippen LogP contribution >= 0.6 is 11.6 Å². The topological polar surface area (TPSA) is 58.0 Å². The lowest BCUT2D eigenvalue weighted by molar-refractivity contribution is 0.0341. The van der Waals surface area contributed by atoms with Crippen LogP contribution in [-0.2, 0) is 4.74 Å². The first-order valence-electron chi connectivity index (χ1n) is 5.34. The van der Waals surface area contributed by atoms with Gasteiger partial charge in [0.2, 0.25) is 0 Å². The van der Waals surface area contributed by atoms with E-state index in [-0.39, 0.29) is 6.23 Å². The van der Waals surface area contributed by atoms with Crippen LogP contribution in [0.2, 0.25) is 5.02 Å². The lowest BCUT2D eigenvalue weighted by Gasteiger charge is -2.24. The molecule has 1 saturated heterocycles. The highest BCUT2D eigenvalue weighted by molar-refractivity contribution is 6.33. The van der Waals surface area contributed by atoms with E-state index in [0.717, 1.165) is 25.9 Å². The molecule has 0 spiro atoms. The number of ether oxygens (including phenoxy) is 1. The highest BCUT2D eigenvalue weighted by atomic mass is 35.5. The van der Waals surface area contributed by atoms with E-state index in [2.05, 4.69) is 10.3 Å². The second-order valence-electron chi connectivity index (χ2n) is 3.70. The zero-order chi connectivity index (χ0) is 11.4. The number of hydrogen-bond donors (Lipinski definition) is 2. The Morgan fingerprint density at radius 1 is 1.56 bits per heavy atom. The van der Waals surface area contributed by atoms with E-state index < -0.39 is 0 Å². The molecule has 5 heteroatoms. The quantitative estimate of drug-likeness (QED) is 0.798. The Balaban J connectivity index is 2.13. The van der Waals surface area contributed by atoms with Gasteiger partial charge in [-0.1, -0.05) is 11.6 Å². The van der Waals surface area contributed by atoms with Crippen molar-refractivity contribution in [3.8, 4) is 0 Å². The van der Waals surface area contributed by atoms with Gasteiger partial charge in [0.1, 0.15) is 12.0 Å². The van der Waals surface area contributed by atoms with E-state index in [1.807, 2.05) is 0 Å². The number of pyridine rings is 1. The Kier molecular flexibility index (Phi) is 3.74. The molecular weight excluding hydrogens is 226 g/mol. The number of aromatic nitrogens is 1. The summed E-state index contributed by atoms with van der Waals surface area (Å²) in [5, 5.41) is 11.0. The third-order valence-corrected chi connectivity index (χ3v) is 2.89. The van der Waals surface area contributed by atoms with Crippen molar-refractivity contribution >= 4 is 23.6 Å². The van der Waals surface area contributed by atoms with Crippen molar-refractivity contribution in [2.45, 2.75) is 25.5 Å². The molecule has 16 heavy (non-hydrogen) atoms. The van der Waals surface area contributed by atoms with Gasteiger partial charge < -0.3 is 15.5 Å². The van der Waals surface area contributed by atoms with Crippen molar-refractivity contribution in [2.75, 3.05) is 11.9 Å². The molecule has 0 saturated carbocycles. The fraction of sp³-hybridized carbons (Fsp3) is 0.455. The molecule has 2 rings (SSSR count). The first-order chi connectivity index (χ1) is 7.81. The molecule has 0 bridgehead atoms. The zero-order valence-corrected chi connectivity index (χ0v) is 9.63. The monoisotopic (exact) mass is 239 g/mol. The third-order valence-electron chi connectivity index (χ3n) is 2.56. The fourth-order valence-electron chi connectivity index (χ4n) is 1.71. The summed E-state index contributed by atoms with van der Waals surface area (Å²) in [6.45, 7) is 0.776. The van der Waals surface area contributed by atoms with E-state index in [9.17, 15) is 0 Å². The van der Waals surface area contributed by atoms with Crippen LogP contribution in [-0.4, -0.2) is 24.0 Å². The van der Waals surface area contributed by atoms with Gasteiger partial charge in [0.15, 0.2) is 0 Å². The van der Waals surface area contributed by atoms with Crippen molar-refractivity contribution in [3.63, 3.8) is 0 Å². The Morgan fingerprint density at radius 3 is 3.12 bits per heavy atom. The van der Waals surface area contributed by atoms with Gasteiger partial charge in [0, 0.05) is 19.0 Å². The SMILES string of the molecule is N=Cc1c(Cl)ccnc1NC1CCCCO1. The molecule has 4 nitrogen and oxygen atoms in total. The van der Waals surface area contributed by atoms with Crippen LogP contribution in [0.1, 0.15) is 24.8 Å². The molecule has 1 aromatic heterocycles. The minimum Gasteiger partial charge on any atom is -0.359 e. The number of nitrogens with one attached hydrogen (secondary N) is 2. The minimum absolute atomic E-state index is 0.0154. The van der Waals surface area contributed by atoms with Gasteiger partial charge in [-0.3, -0.25) is 0 Å². The van der Waals surface area contributed by atoms with Crippen LogP contribution in [0, 0.1) is 5.41 Å². The van der Waals surface area contributed by atoms with Crippen molar-refractivity contribution in [1.82, 2.24) is 4.98 Å². The molecule has 1 fully saturated rings. The van der Waals surface area contributed by atoms with Gasteiger partial charge in [-0.25, -0.2) is 4.98 Å². The predicted molar refractivity (Wildman–Crippen MR) is 64.3 cm³/mol. The summed E-state index contributed by atoms with van der Waals surface area (Å²) in [5.41, 5.74) is 0.610. The molecule has 0 aliphatic carbocycles. The number of hydrogen-bond acceptors (Lipinski definition) is 4. The number of halogens is 1. The number of anilines is 1. The third kappa shape index (κ3) is 2.51. The lowest BCUT2D eigenvalue weighted by Crippen LogP contribution is -2.28. The molecule has 1 atom stereocenters. The lowest BCUT2D eigenvalue weighted by atomic mass is 10.2. The van der Waals surface area contributed by atoms with Crippen molar-refractivity contribution in [1.29, 1.82) is 5.41 Å². The Labute approximate surface area is 99.5 Å². The average Bonchev–Trinajstić information content (AvgIpc) is 2.31. The van der Waals surface area contributed by atoms with Gasteiger partial charge in [0.25, 0.3) is 0 Å². The summed E-state index contributed by atoms with van der Waals surface area (Å²) in [4.78, 5) is 4.18. The van der Waals surface area contributed by atoms with Crippen LogP contribution in [0.3, 0.4) is 0 Å². The molecular formula is C11H14ClN3O. The minimum atomic E-state index is -0.0154. The second kappa shape index (κ2) is 5.27. The van der Waals surface area contributed by atoms with E-state index in [1.165, 1.54) is 6.21 Å². The molecule has 1 aromatic rings. The van der Waals surface area contributed by atoms with Gasteiger partial charge in [-0.05, 0) is 25.3 Å². The summed E-state index contributed by atoms with van der Waals surface area (Å²) < 4.78 is 5.55. The molecule has 1 aliphatic heterocycles. The first kappa shape index (κ1) is 11.4. The highest BCUT2D eigenvalue weighted by Crippen LogP contribution is 2.22. The predicted octanol–water partition coefficient (Wildman–Crippen LogP) is 2.67. The Morgan fingerprint density at radius 2 is 2.44 bits per heavy atom. The second-order valence-corrected chi connectivity index (χ2v) is 4.11. The number of nitrogens with zero attached hydrogens (tertiary/aromatic N) is 1. The Bertz CT molecular complexity index is 377. The number of rotatable bonds is 3. The molecule has 2 heterocycles. The molecule has 2 N–H and O–H groups in total. The van der Waals surface area contributed by atoms with Crippen LogP contribution in [0.25, 0.3) is 0 Å². The molecule has 0 radical (unpaired) electrons. The van der Waals surface area contributed by atoms with E-state index in [0.29, 0.717) is 16.4 Å². The summed E-state index contributed by atoms with van der Waals surface area (Å²) >= 11 is 5.98. The summed E-state index contributed by atoms with van der Waals surface area (Å²) in [7, 11) is 0.